The summed E-state index contributed by atoms with van der Waals surface area (Å²) in [6.45, 7) is 0.386. The van der Waals surface area contributed by atoms with Gasteiger partial charge in [-0.1, -0.05) is 28.9 Å². The highest BCUT2D eigenvalue weighted by atomic mass is 35.5. The van der Waals surface area contributed by atoms with Crippen LogP contribution < -0.4 is 5.32 Å². The lowest BCUT2D eigenvalue weighted by atomic mass is 10.1. The van der Waals surface area contributed by atoms with Crippen molar-refractivity contribution in [3.8, 4) is 11.4 Å². The molecule has 2 aromatic carbocycles. The third kappa shape index (κ3) is 4.87. The molecule has 3 rings (SSSR count). The van der Waals surface area contributed by atoms with Crippen molar-refractivity contribution in [1.82, 2.24) is 15.5 Å². The van der Waals surface area contributed by atoms with Gasteiger partial charge in [0.15, 0.2) is 0 Å². The molecule has 0 bridgehead atoms. The van der Waals surface area contributed by atoms with Gasteiger partial charge in [0.1, 0.15) is 5.82 Å². The molecule has 0 saturated carbocycles. The van der Waals surface area contributed by atoms with E-state index < -0.39 is 0 Å². The lowest BCUT2D eigenvalue weighted by Gasteiger charge is -2.03. The molecule has 25 heavy (non-hydrogen) atoms. The minimum atomic E-state index is -0.323. The Bertz CT molecular complexity index is 848. The van der Waals surface area contributed by atoms with Crippen LogP contribution in [-0.4, -0.2) is 22.6 Å². The Balaban J connectivity index is 1.48. The summed E-state index contributed by atoms with van der Waals surface area (Å²) in [4.78, 5) is 16.1. The Morgan fingerprint density at radius 3 is 2.56 bits per heavy atom. The van der Waals surface area contributed by atoms with E-state index in [0.29, 0.717) is 35.3 Å². The molecule has 0 saturated heterocycles. The lowest BCUT2D eigenvalue weighted by Crippen LogP contribution is -2.27. The number of halogens is 2. The highest BCUT2D eigenvalue weighted by molar-refractivity contribution is 6.30. The number of carbonyl (C=O) groups is 1. The van der Waals surface area contributed by atoms with E-state index in [-0.39, 0.29) is 18.1 Å². The average Bonchev–Trinajstić information content (AvgIpc) is 3.06. The van der Waals surface area contributed by atoms with Crippen molar-refractivity contribution < 1.29 is 13.7 Å². The maximum Gasteiger partial charge on any atom is 0.228 e. The van der Waals surface area contributed by atoms with Gasteiger partial charge in [-0.3, -0.25) is 4.79 Å². The molecule has 5 nitrogen and oxygen atoms in total. The summed E-state index contributed by atoms with van der Waals surface area (Å²) < 4.78 is 18.1. The fourth-order valence-electron chi connectivity index (χ4n) is 2.23. The van der Waals surface area contributed by atoms with E-state index in [9.17, 15) is 9.18 Å². The Kier molecular flexibility index (Phi) is 5.40. The van der Waals surface area contributed by atoms with Crippen molar-refractivity contribution in [1.29, 1.82) is 0 Å². The van der Waals surface area contributed by atoms with Crippen LogP contribution in [0.25, 0.3) is 11.4 Å². The molecular weight excluding hydrogens is 345 g/mol. The van der Waals surface area contributed by atoms with Crippen LogP contribution in [0.3, 0.4) is 0 Å². The zero-order valence-electron chi connectivity index (χ0n) is 13.2. The summed E-state index contributed by atoms with van der Waals surface area (Å²) >= 11 is 5.81. The number of hydrogen-bond acceptors (Lipinski definition) is 4. The summed E-state index contributed by atoms with van der Waals surface area (Å²) in [7, 11) is 0. The zero-order valence-corrected chi connectivity index (χ0v) is 14.0. The summed E-state index contributed by atoms with van der Waals surface area (Å²) in [6.07, 6.45) is 0.697. The number of carbonyl (C=O) groups excluding carboxylic acids is 1. The number of aromatic nitrogens is 2. The molecule has 0 radical (unpaired) electrons. The van der Waals surface area contributed by atoms with E-state index in [4.69, 9.17) is 16.1 Å². The molecule has 0 aliphatic carbocycles. The predicted octanol–water partition coefficient (Wildman–Crippen LogP) is 3.43. The number of nitrogens with one attached hydrogen (secondary N) is 1. The van der Waals surface area contributed by atoms with Gasteiger partial charge in [0.25, 0.3) is 0 Å². The smallest absolute Gasteiger partial charge is 0.228 e. The maximum atomic E-state index is 12.9. The van der Waals surface area contributed by atoms with E-state index in [2.05, 4.69) is 15.5 Å². The van der Waals surface area contributed by atoms with Crippen molar-refractivity contribution in [2.45, 2.75) is 12.8 Å². The monoisotopic (exact) mass is 359 g/mol. The quantitative estimate of drug-likeness (QED) is 0.732. The van der Waals surface area contributed by atoms with Crippen LogP contribution in [0.4, 0.5) is 4.39 Å². The lowest BCUT2D eigenvalue weighted by molar-refractivity contribution is -0.120. The Labute approximate surface area is 148 Å². The maximum absolute atomic E-state index is 12.9. The summed E-state index contributed by atoms with van der Waals surface area (Å²) in [5.74, 6) is 0.380. The summed E-state index contributed by atoms with van der Waals surface area (Å²) in [6, 6.07) is 13.0. The minimum Gasteiger partial charge on any atom is -0.355 e. The topological polar surface area (TPSA) is 68.0 Å². The van der Waals surface area contributed by atoms with Crippen molar-refractivity contribution in [3.63, 3.8) is 0 Å². The zero-order chi connectivity index (χ0) is 17.6. The first-order valence-electron chi connectivity index (χ1n) is 7.70. The van der Waals surface area contributed by atoms with Crippen LogP contribution in [0.2, 0.25) is 5.02 Å². The fourth-order valence-corrected chi connectivity index (χ4v) is 2.36. The molecule has 0 unspecified atom stereocenters. The molecule has 0 aliphatic heterocycles. The molecule has 1 heterocycles. The van der Waals surface area contributed by atoms with E-state index in [0.717, 1.165) is 5.56 Å². The SMILES string of the molecule is O=C(Cc1ccc(Cl)cc1)NCCc1nc(-c2ccc(F)cc2)no1. The van der Waals surface area contributed by atoms with Crippen LogP contribution in [0.15, 0.2) is 53.1 Å². The molecular formula is C18H15ClFN3O2. The molecule has 0 aliphatic rings. The van der Waals surface area contributed by atoms with E-state index >= 15 is 0 Å². The van der Waals surface area contributed by atoms with Gasteiger partial charge in [-0.05, 0) is 42.0 Å². The van der Waals surface area contributed by atoms with Gasteiger partial charge in [-0.2, -0.15) is 4.98 Å². The number of hydrogen-bond donors (Lipinski definition) is 1. The highest BCUT2D eigenvalue weighted by Crippen LogP contribution is 2.16. The van der Waals surface area contributed by atoms with Crippen molar-refractivity contribution >= 4 is 17.5 Å². The van der Waals surface area contributed by atoms with E-state index in [1.807, 2.05) is 12.1 Å². The van der Waals surface area contributed by atoms with Gasteiger partial charge >= 0.3 is 0 Å². The van der Waals surface area contributed by atoms with Gasteiger partial charge < -0.3 is 9.84 Å². The Morgan fingerprint density at radius 1 is 1.12 bits per heavy atom. The minimum absolute atomic E-state index is 0.0967. The molecule has 0 spiro atoms. The molecule has 3 aromatic rings. The first kappa shape index (κ1) is 17.1. The number of amides is 1. The molecule has 1 amide bonds. The summed E-state index contributed by atoms with van der Waals surface area (Å²) in [5, 5.41) is 7.29. The predicted molar refractivity (Wildman–Crippen MR) is 91.6 cm³/mol. The third-order valence-corrected chi connectivity index (χ3v) is 3.76. The first-order valence-corrected chi connectivity index (χ1v) is 8.07. The van der Waals surface area contributed by atoms with Crippen LogP contribution in [0.1, 0.15) is 11.5 Å². The van der Waals surface area contributed by atoms with Crippen molar-refractivity contribution in [3.05, 3.63) is 70.8 Å². The number of benzene rings is 2. The van der Waals surface area contributed by atoms with Crippen molar-refractivity contribution in [2.24, 2.45) is 0 Å². The largest absolute Gasteiger partial charge is 0.355 e. The molecule has 0 fully saturated rings. The number of rotatable bonds is 6. The van der Waals surface area contributed by atoms with Crippen LogP contribution in [0, 0.1) is 5.82 Å². The molecule has 1 N–H and O–H groups in total. The average molecular weight is 360 g/mol. The molecule has 0 atom stereocenters. The Morgan fingerprint density at radius 2 is 1.84 bits per heavy atom. The summed E-state index contributed by atoms with van der Waals surface area (Å²) in [5.41, 5.74) is 1.56. The van der Waals surface area contributed by atoms with Crippen molar-refractivity contribution in [2.75, 3.05) is 6.54 Å². The molecule has 7 heteroatoms. The highest BCUT2D eigenvalue weighted by Gasteiger charge is 2.09. The van der Waals surface area contributed by atoms with Gasteiger partial charge in [-0.15, -0.1) is 0 Å². The third-order valence-electron chi connectivity index (χ3n) is 3.51. The molecule has 1 aromatic heterocycles. The second kappa shape index (κ2) is 7.90. The van der Waals surface area contributed by atoms with Crippen LogP contribution >= 0.6 is 11.6 Å². The number of nitrogens with zero attached hydrogens (tertiary/aromatic N) is 2. The first-order chi connectivity index (χ1) is 12.1. The van der Waals surface area contributed by atoms with Gasteiger partial charge in [-0.25, -0.2) is 4.39 Å². The molecule has 128 valence electrons. The van der Waals surface area contributed by atoms with Crippen LogP contribution in [-0.2, 0) is 17.6 Å². The van der Waals surface area contributed by atoms with Gasteiger partial charge in [0.2, 0.25) is 17.6 Å². The van der Waals surface area contributed by atoms with E-state index in [1.165, 1.54) is 12.1 Å². The van der Waals surface area contributed by atoms with Gasteiger partial charge in [0.05, 0.1) is 6.42 Å². The van der Waals surface area contributed by atoms with Crippen LogP contribution in [0.5, 0.6) is 0 Å². The second-order valence-corrected chi connectivity index (χ2v) is 5.86. The fraction of sp³-hybridized carbons (Fsp3) is 0.167. The normalized spacial score (nSPS) is 10.6. The standard InChI is InChI=1S/C18H15ClFN3O2/c19-14-5-1-12(2-6-14)11-16(24)21-10-9-17-22-18(23-25-17)13-3-7-15(20)8-4-13/h1-8H,9-11H2,(H,21,24). The Hall–Kier alpha value is -2.73. The van der Waals surface area contributed by atoms with Gasteiger partial charge in [0, 0.05) is 23.6 Å². The second-order valence-electron chi connectivity index (χ2n) is 5.42. The van der Waals surface area contributed by atoms with E-state index in [1.54, 1.807) is 24.3 Å².